The van der Waals surface area contributed by atoms with Crippen molar-refractivity contribution in [2.75, 3.05) is 13.6 Å². The van der Waals surface area contributed by atoms with E-state index in [1.54, 1.807) is 13.1 Å². The molecule has 1 aromatic carbocycles. The molecule has 0 saturated heterocycles. The zero-order chi connectivity index (χ0) is 15.3. The SMILES string of the molecule is CNCc1ccc(S(=O)(=O)NCCc2cccc(C)c2)o1. The quantitative estimate of drug-likeness (QED) is 0.818. The molecule has 0 atom stereocenters. The van der Waals surface area contributed by atoms with Crippen LogP contribution in [0, 0.1) is 6.92 Å². The van der Waals surface area contributed by atoms with Gasteiger partial charge in [0.2, 0.25) is 5.09 Å². The zero-order valence-corrected chi connectivity index (χ0v) is 13.0. The van der Waals surface area contributed by atoms with Crippen molar-refractivity contribution in [3.63, 3.8) is 0 Å². The maximum Gasteiger partial charge on any atom is 0.273 e. The summed E-state index contributed by atoms with van der Waals surface area (Å²) in [4.78, 5) is 0. The van der Waals surface area contributed by atoms with Crippen LogP contribution in [0.2, 0.25) is 0 Å². The first-order valence-electron chi connectivity index (χ1n) is 6.80. The molecular weight excluding hydrogens is 288 g/mol. The molecule has 0 unspecified atom stereocenters. The summed E-state index contributed by atoms with van der Waals surface area (Å²) in [7, 11) is -1.81. The van der Waals surface area contributed by atoms with Crippen LogP contribution >= 0.6 is 0 Å². The van der Waals surface area contributed by atoms with Crippen LogP contribution < -0.4 is 10.0 Å². The standard InChI is InChI=1S/C15H20N2O3S/c1-12-4-3-5-13(10-12)8-9-17-21(18,19)15-7-6-14(20-15)11-16-2/h3-7,10,16-17H,8-9,11H2,1-2H3. The summed E-state index contributed by atoms with van der Waals surface area (Å²) >= 11 is 0. The Labute approximate surface area is 125 Å². The molecule has 0 saturated carbocycles. The van der Waals surface area contributed by atoms with Gasteiger partial charge in [0, 0.05) is 6.54 Å². The minimum Gasteiger partial charge on any atom is -0.447 e. The van der Waals surface area contributed by atoms with Crippen molar-refractivity contribution in [2.45, 2.75) is 25.0 Å². The maximum absolute atomic E-state index is 12.1. The summed E-state index contributed by atoms with van der Waals surface area (Å²) in [5.74, 6) is 0.594. The highest BCUT2D eigenvalue weighted by atomic mass is 32.2. The van der Waals surface area contributed by atoms with Crippen LogP contribution in [0.4, 0.5) is 0 Å². The van der Waals surface area contributed by atoms with Gasteiger partial charge >= 0.3 is 0 Å². The van der Waals surface area contributed by atoms with Crippen LogP contribution in [-0.2, 0) is 23.0 Å². The van der Waals surface area contributed by atoms with Gasteiger partial charge in [0.05, 0.1) is 6.54 Å². The second-order valence-electron chi connectivity index (χ2n) is 4.89. The molecule has 114 valence electrons. The lowest BCUT2D eigenvalue weighted by molar-refractivity contribution is 0.404. The van der Waals surface area contributed by atoms with Gasteiger partial charge in [-0.05, 0) is 38.1 Å². The summed E-state index contributed by atoms with van der Waals surface area (Å²) < 4.78 is 32.0. The predicted molar refractivity (Wildman–Crippen MR) is 81.5 cm³/mol. The first kappa shape index (κ1) is 15.8. The van der Waals surface area contributed by atoms with Gasteiger partial charge in [-0.2, -0.15) is 0 Å². The van der Waals surface area contributed by atoms with Crippen molar-refractivity contribution in [3.8, 4) is 0 Å². The van der Waals surface area contributed by atoms with E-state index < -0.39 is 10.0 Å². The molecule has 1 heterocycles. The van der Waals surface area contributed by atoms with Crippen molar-refractivity contribution in [1.29, 1.82) is 0 Å². The van der Waals surface area contributed by atoms with E-state index in [4.69, 9.17) is 4.42 Å². The molecule has 0 aliphatic heterocycles. The molecule has 0 aliphatic carbocycles. The van der Waals surface area contributed by atoms with Crippen molar-refractivity contribution in [2.24, 2.45) is 0 Å². The third-order valence-electron chi connectivity index (χ3n) is 3.04. The molecular formula is C15H20N2O3S. The Kier molecular flexibility index (Phi) is 5.17. The van der Waals surface area contributed by atoms with E-state index in [0.29, 0.717) is 25.3 Å². The minimum absolute atomic E-state index is 0.0445. The van der Waals surface area contributed by atoms with Gasteiger partial charge in [-0.1, -0.05) is 29.8 Å². The van der Waals surface area contributed by atoms with Crippen LogP contribution in [0.3, 0.4) is 0 Å². The summed E-state index contributed by atoms with van der Waals surface area (Å²) in [5.41, 5.74) is 2.27. The third-order valence-corrected chi connectivity index (χ3v) is 4.37. The Morgan fingerprint density at radius 1 is 1.19 bits per heavy atom. The van der Waals surface area contributed by atoms with E-state index in [2.05, 4.69) is 10.0 Å². The molecule has 2 rings (SSSR count). The number of furan rings is 1. The van der Waals surface area contributed by atoms with Gasteiger partial charge < -0.3 is 9.73 Å². The number of hydrogen-bond donors (Lipinski definition) is 2. The van der Waals surface area contributed by atoms with Crippen molar-refractivity contribution < 1.29 is 12.8 Å². The monoisotopic (exact) mass is 308 g/mol. The van der Waals surface area contributed by atoms with E-state index in [0.717, 1.165) is 11.1 Å². The Morgan fingerprint density at radius 3 is 2.71 bits per heavy atom. The average Bonchev–Trinajstić information content (AvgIpc) is 2.88. The van der Waals surface area contributed by atoms with Crippen LogP contribution in [0.15, 0.2) is 45.9 Å². The third kappa shape index (κ3) is 4.42. The zero-order valence-electron chi connectivity index (χ0n) is 12.2. The second-order valence-corrected chi connectivity index (χ2v) is 6.59. The van der Waals surface area contributed by atoms with Gasteiger partial charge in [-0.25, -0.2) is 13.1 Å². The Morgan fingerprint density at radius 2 is 2.00 bits per heavy atom. The van der Waals surface area contributed by atoms with E-state index in [9.17, 15) is 8.42 Å². The van der Waals surface area contributed by atoms with Crippen LogP contribution in [0.25, 0.3) is 0 Å². The molecule has 0 fully saturated rings. The molecule has 0 spiro atoms. The molecule has 21 heavy (non-hydrogen) atoms. The fraction of sp³-hybridized carbons (Fsp3) is 0.333. The smallest absolute Gasteiger partial charge is 0.273 e. The molecule has 0 radical (unpaired) electrons. The van der Waals surface area contributed by atoms with Gasteiger partial charge in [0.1, 0.15) is 5.76 Å². The van der Waals surface area contributed by atoms with Crippen LogP contribution in [0.5, 0.6) is 0 Å². The summed E-state index contributed by atoms with van der Waals surface area (Å²) in [5, 5.41) is 2.87. The maximum atomic E-state index is 12.1. The normalized spacial score (nSPS) is 11.7. The summed E-state index contributed by atoms with van der Waals surface area (Å²) in [6, 6.07) is 11.1. The van der Waals surface area contributed by atoms with E-state index in [1.807, 2.05) is 31.2 Å². The molecule has 0 amide bonds. The lowest BCUT2D eigenvalue weighted by Crippen LogP contribution is -2.25. The van der Waals surface area contributed by atoms with Crippen LogP contribution in [-0.4, -0.2) is 22.0 Å². The van der Waals surface area contributed by atoms with E-state index in [1.165, 1.54) is 6.07 Å². The summed E-state index contributed by atoms with van der Waals surface area (Å²) in [6.45, 7) is 2.85. The number of hydrogen-bond acceptors (Lipinski definition) is 4. The molecule has 5 nitrogen and oxygen atoms in total. The van der Waals surface area contributed by atoms with Crippen molar-refractivity contribution >= 4 is 10.0 Å². The number of sulfonamides is 1. The highest BCUT2D eigenvalue weighted by molar-refractivity contribution is 7.89. The Balaban J connectivity index is 1.94. The summed E-state index contributed by atoms with van der Waals surface area (Å²) in [6.07, 6.45) is 0.644. The molecule has 1 aromatic heterocycles. The van der Waals surface area contributed by atoms with E-state index in [-0.39, 0.29) is 5.09 Å². The van der Waals surface area contributed by atoms with Crippen molar-refractivity contribution in [3.05, 3.63) is 53.3 Å². The first-order chi connectivity index (χ1) is 10.0. The highest BCUT2D eigenvalue weighted by Crippen LogP contribution is 2.13. The van der Waals surface area contributed by atoms with Crippen molar-refractivity contribution in [1.82, 2.24) is 10.0 Å². The highest BCUT2D eigenvalue weighted by Gasteiger charge is 2.17. The average molecular weight is 308 g/mol. The van der Waals surface area contributed by atoms with Gasteiger partial charge in [-0.15, -0.1) is 0 Å². The molecule has 0 aliphatic rings. The van der Waals surface area contributed by atoms with Crippen LogP contribution in [0.1, 0.15) is 16.9 Å². The molecule has 6 heteroatoms. The topological polar surface area (TPSA) is 71.3 Å². The fourth-order valence-electron chi connectivity index (χ4n) is 2.04. The second kappa shape index (κ2) is 6.89. The fourth-order valence-corrected chi connectivity index (χ4v) is 3.02. The Hall–Kier alpha value is -1.63. The lowest BCUT2D eigenvalue weighted by Gasteiger charge is -2.05. The largest absolute Gasteiger partial charge is 0.447 e. The van der Waals surface area contributed by atoms with E-state index >= 15 is 0 Å². The number of benzene rings is 1. The van der Waals surface area contributed by atoms with Gasteiger partial charge in [0.25, 0.3) is 10.0 Å². The Bertz CT molecular complexity index is 692. The first-order valence-corrected chi connectivity index (χ1v) is 8.28. The number of nitrogens with one attached hydrogen (secondary N) is 2. The lowest BCUT2D eigenvalue weighted by atomic mass is 10.1. The molecule has 2 aromatic rings. The molecule has 0 bridgehead atoms. The number of aryl methyl sites for hydroxylation is 1. The van der Waals surface area contributed by atoms with Gasteiger partial charge in [-0.3, -0.25) is 0 Å². The van der Waals surface area contributed by atoms with Gasteiger partial charge in [0.15, 0.2) is 0 Å². The minimum atomic E-state index is -3.58. The molecule has 2 N–H and O–H groups in total. The number of rotatable bonds is 7. The predicted octanol–water partition coefficient (Wildman–Crippen LogP) is 1.83.